The average Bonchev–Trinajstić information content (AvgIpc) is 3.43. The molecule has 39 heavy (non-hydrogen) atoms. The van der Waals surface area contributed by atoms with Gasteiger partial charge in [0.1, 0.15) is 17.6 Å². The van der Waals surface area contributed by atoms with Crippen LogP contribution in [-0.2, 0) is 17.8 Å². The molecule has 0 saturated carbocycles. The number of aryl methyl sites for hydroxylation is 1. The average molecular weight is 551 g/mol. The van der Waals surface area contributed by atoms with E-state index in [-0.39, 0.29) is 5.91 Å². The predicted molar refractivity (Wildman–Crippen MR) is 156 cm³/mol. The van der Waals surface area contributed by atoms with Crippen LogP contribution in [0.25, 0.3) is 26.0 Å². The summed E-state index contributed by atoms with van der Waals surface area (Å²) in [7, 11) is 1.71. The normalized spacial score (nSPS) is 15.0. The number of nitrogens with two attached hydrogens (primary N) is 1. The lowest BCUT2D eigenvalue weighted by molar-refractivity contribution is -0.130. The van der Waals surface area contributed by atoms with Crippen molar-refractivity contribution in [3.63, 3.8) is 0 Å². The summed E-state index contributed by atoms with van der Waals surface area (Å²) in [6, 6.07) is 6.46. The highest BCUT2D eigenvalue weighted by Crippen LogP contribution is 2.45. The zero-order valence-electron chi connectivity index (χ0n) is 23.5. The number of aromatic nitrogens is 3. The fourth-order valence-electron chi connectivity index (χ4n) is 5.59. The summed E-state index contributed by atoms with van der Waals surface area (Å²) in [5.74, 6) is 1.42. The summed E-state index contributed by atoms with van der Waals surface area (Å²) >= 11 is 1.69. The number of hydrogen-bond acceptors (Lipinski definition) is 8. The minimum Gasteiger partial charge on any atom is -0.495 e. The van der Waals surface area contributed by atoms with E-state index < -0.39 is 5.60 Å². The van der Waals surface area contributed by atoms with Gasteiger partial charge in [-0.05, 0) is 68.7 Å². The molecule has 0 unspecified atom stereocenters. The lowest BCUT2D eigenvalue weighted by Gasteiger charge is -2.34. The number of thiophene rings is 1. The lowest BCUT2D eigenvalue weighted by atomic mass is 9.96. The van der Waals surface area contributed by atoms with E-state index in [0.717, 1.165) is 69.0 Å². The zero-order valence-corrected chi connectivity index (χ0v) is 24.3. The van der Waals surface area contributed by atoms with Gasteiger partial charge in [0.25, 0.3) is 0 Å². The first-order chi connectivity index (χ1) is 18.6. The molecule has 10 heteroatoms. The maximum atomic E-state index is 11.9. The molecule has 1 amide bonds. The van der Waals surface area contributed by atoms with Crippen molar-refractivity contribution in [2.75, 3.05) is 39.0 Å². The molecule has 0 bridgehead atoms. The number of aliphatic hydroxyl groups is 1. The molecule has 208 valence electrons. The van der Waals surface area contributed by atoms with E-state index >= 15 is 0 Å². The minimum atomic E-state index is -0.746. The number of anilines is 1. The van der Waals surface area contributed by atoms with Gasteiger partial charge in [-0.25, -0.2) is 9.50 Å². The van der Waals surface area contributed by atoms with Crippen LogP contribution < -0.4 is 10.5 Å². The number of ether oxygens (including phenoxy) is 1. The molecule has 1 aliphatic heterocycles. The Bertz CT molecular complexity index is 1510. The van der Waals surface area contributed by atoms with Crippen LogP contribution in [0.5, 0.6) is 5.75 Å². The van der Waals surface area contributed by atoms with Crippen LogP contribution >= 0.6 is 11.3 Å². The molecule has 3 N–H and O–H groups in total. The van der Waals surface area contributed by atoms with E-state index in [1.165, 1.54) is 11.9 Å². The largest absolute Gasteiger partial charge is 0.495 e. The van der Waals surface area contributed by atoms with Gasteiger partial charge in [0, 0.05) is 50.1 Å². The van der Waals surface area contributed by atoms with E-state index in [9.17, 15) is 9.90 Å². The van der Waals surface area contributed by atoms with E-state index in [1.54, 1.807) is 25.4 Å². The van der Waals surface area contributed by atoms with Gasteiger partial charge in [-0.1, -0.05) is 6.07 Å². The molecule has 1 aliphatic rings. The standard InChI is InChI=1S/C29H38N6O3S/c1-18-13-20-15-24(39-27(20)23(14-18)38-5)25-21(7-6-8-29(3,4)37)22(35-26(25)28(30)31-17-32-35)16-33-9-11-34(12-10-33)19(2)36/h13-15,17,37H,6-12,16H2,1-5H3,(H2,30,31,32). The van der Waals surface area contributed by atoms with Crippen molar-refractivity contribution in [2.45, 2.75) is 59.1 Å². The van der Waals surface area contributed by atoms with Crippen LogP contribution in [0.1, 0.15) is 50.4 Å². The number of rotatable bonds is 8. The molecule has 1 fully saturated rings. The Balaban J connectivity index is 1.65. The number of piperazine rings is 1. The van der Waals surface area contributed by atoms with Crippen molar-refractivity contribution in [2.24, 2.45) is 0 Å². The van der Waals surface area contributed by atoms with Gasteiger partial charge in [0.15, 0.2) is 5.82 Å². The van der Waals surface area contributed by atoms with Crippen molar-refractivity contribution in [1.82, 2.24) is 24.4 Å². The zero-order chi connectivity index (χ0) is 27.9. The van der Waals surface area contributed by atoms with Crippen molar-refractivity contribution < 1.29 is 14.6 Å². The predicted octanol–water partition coefficient (Wildman–Crippen LogP) is 4.27. The molecule has 1 aromatic carbocycles. The SMILES string of the molecule is COc1cc(C)cc2cc(-c3c(CCCC(C)(C)O)c(CN4CCN(C(C)=O)CC4)n4ncnc(N)c34)sc12. The Morgan fingerprint density at radius 1 is 1.21 bits per heavy atom. The minimum absolute atomic E-state index is 0.119. The van der Waals surface area contributed by atoms with Gasteiger partial charge in [0.2, 0.25) is 5.91 Å². The summed E-state index contributed by atoms with van der Waals surface area (Å²) in [5, 5.41) is 16.3. The van der Waals surface area contributed by atoms with Crippen molar-refractivity contribution >= 4 is 38.7 Å². The first-order valence-corrected chi connectivity index (χ1v) is 14.3. The third kappa shape index (κ3) is 5.59. The highest BCUT2D eigenvalue weighted by atomic mass is 32.1. The summed E-state index contributed by atoms with van der Waals surface area (Å²) in [6.45, 7) is 11.1. The summed E-state index contributed by atoms with van der Waals surface area (Å²) < 4.78 is 8.78. The quantitative estimate of drug-likeness (QED) is 0.337. The van der Waals surface area contributed by atoms with Crippen molar-refractivity contribution in [3.8, 4) is 16.2 Å². The van der Waals surface area contributed by atoms with Gasteiger partial charge in [0.05, 0.1) is 23.1 Å². The Labute approximate surface area is 233 Å². The van der Waals surface area contributed by atoms with Gasteiger partial charge >= 0.3 is 0 Å². The van der Waals surface area contributed by atoms with Gasteiger partial charge < -0.3 is 20.5 Å². The third-order valence-corrected chi connectivity index (χ3v) is 8.74. The second-order valence-electron chi connectivity index (χ2n) is 11.2. The maximum absolute atomic E-state index is 11.9. The van der Waals surface area contributed by atoms with Crippen LogP contribution in [0.15, 0.2) is 24.5 Å². The van der Waals surface area contributed by atoms with Crippen molar-refractivity contribution in [1.29, 1.82) is 0 Å². The number of nitrogen functional groups attached to an aromatic ring is 1. The molecular formula is C29H38N6O3S. The van der Waals surface area contributed by atoms with Crippen molar-refractivity contribution in [3.05, 3.63) is 41.3 Å². The fourth-order valence-corrected chi connectivity index (χ4v) is 6.79. The molecule has 4 aromatic rings. The number of amides is 1. The number of hydrogen-bond donors (Lipinski definition) is 2. The van der Waals surface area contributed by atoms with Crippen LogP contribution in [0.3, 0.4) is 0 Å². The number of methoxy groups -OCH3 is 1. The molecule has 0 atom stereocenters. The Morgan fingerprint density at radius 2 is 1.95 bits per heavy atom. The molecular weight excluding hydrogens is 512 g/mol. The van der Waals surface area contributed by atoms with Gasteiger partial charge in [-0.3, -0.25) is 9.69 Å². The van der Waals surface area contributed by atoms with Crippen LogP contribution in [0, 0.1) is 6.92 Å². The maximum Gasteiger partial charge on any atom is 0.219 e. The molecule has 1 saturated heterocycles. The second kappa shape index (κ2) is 10.7. The highest BCUT2D eigenvalue weighted by molar-refractivity contribution is 7.22. The lowest BCUT2D eigenvalue weighted by Crippen LogP contribution is -2.47. The number of benzene rings is 1. The third-order valence-electron chi connectivity index (χ3n) is 7.56. The molecule has 0 spiro atoms. The van der Waals surface area contributed by atoms with E-state index in [4.69, 9.17) is 10.5 Å². The molecule has 0 radical (unpaired) electrons. The van der Waals surface area contributed by atoms with Crippen LogP contribution in [0.4, 0.5) is 5.82 Å². The summed E-state index contributed by atoms with van der Waals surface area (Å²) in [6.07, 6.45) is 3.78. The molecule has 5 rings (SSSR count). The number of carbonyl (C=O) groups is 1. The van der Waals surface area contributed by atoms with Gasteiger partial charge in [-0.15, -0.1) is 11.3 Å². The van der Waals surface area contributed by atoms with E-state index in [2.05, 4.69) is 40.1 Å². The Morgan fingerprint density at radius 3 is 2.62 bits per heavy atom. The Hall–Kier alpha value is -3.21. The van der Waals surface area contributed by atoms with Crippen LogP contribution in [-0.4, -0.2) is 74.3 Å². The molecule has 3 aromatic heterocycles. The Kier molecular flexibility index (Phi) is 7.54. The molecule has 0 aliphatic carbocycles. The van der Waals surface area contributed by atoms with Crippen LogP contribution in [0.2, 0.25) is 0 Å². The number of carbonyl (C=O) groups excluding carboxylic acids is 1. The first kappa shape index (κ1) is 27.4. The monoisotopic (exact) mass is 550 g/mol. The molecule has 9 nitrogen and oxygen atoms in total. The number of nitrogens with zero attached hydrogens (tertiary/aromatic N) is 5. The summed E-state index contributed by atoms with van der Waals surface area (Å²) in [5.41, 5.74) is 11.1. The molecule has 4 heterocycles. The fraction of sp³-hybridized carbons (Fsp3) is 0.483. The summed E-state index contributed by atoms with van der Waals surface area (Å²) in [4.78, 5) is 21.6. The highest BCUT2D eigenvalue weighted by Gasteiger charge is 2.27. The topological polar surface area (TPSA) is 109 Å². The first-order valence-electron chi connectivity index (χ1n) is 13.5. The number of fused-ring (bicyclic) bond motifs is 2. The second-order valence-corrected chi connectivity index (χ2v) is 12.2. The van der Waals surface area contributed by atoms with E-state index in [1.807, 2.05) is 23.3 Å². The van der Waals surface area contributed by atoms with E-state index in [0.29, 0.717) is 31.9 Å². The smallest absolute Gasteiger partial charge is 0.219 e. The van der Waals surface area contributed by atoms with Gasteiger partial charge in [-0.2, -0.15) is 5.10 Å².